The largest absolute Gasteiger partial charge is 0.508 e. The van der Waals surface area contributed by atoms with E-state index < -0.39 is 90.1 Å². The number of rotatable bonds is 38. The average molecular weight is 1240 g/mol. The van der Waals surface area contributed by atoms with E-state index in [2.05, 4.69) is 187 Å². The van der Waals surface area contributed by atoms with Crippen molar-refractivity contribution in [1.82, 2.24) is 0 Å². The van der Waals surface area contributed by atoms with Gasteiger partial charge in [0.25, 0.3) is 0 Å². The highest BCUT2D eigenvalue weighted by Gasteiger charge is 2.50. The molecule has 2 aromatic rings. The molecule has 0 aliphatic carbocycles. The Morgan fingerprint density at radius 1 is 0.364 bits per heavy atom. The first-order valence-corrected chi connectivity index (χ1v) is 58.5. The summed E-state index contributed by atoms with van der Waals surface area (Å²) in [5, 5.41) is 22.8. The molecule has 4 radical (unpaired) electrons. The van der Waals surface area contributed by atoms with Gasteiger partial charge in [-0.1, -0.05) is 117 Å². The van der Waals surface area contributed by atoms with E-state index in [4.69, 9.17) is 32.9 Å². The van der Waals surface area contributed by atoms with Gasteiger partial charge in [0.05, 0.1) is 0 Å². The fraction of sp³-hybridized carbons (Fsp3) is 0.782. The molecule has 10 nitrogen and oxygen atoms in total. The molecule has 0 bridgehead atoms. The zero-order valence-electron chi connectivity index (χ0n) is 54.0. The van der Waals surface area contributed by atoms with Crippen LogP contribution in [0.5, 0.6) is 11.5 Å². The summed E-state index contributed by atoms with van der Waals surface area (Å²) in [5.41, 5.74) is 3.64. The molecule has 2 aromatic carbocycles. The minimum Gasteiger partial charge on any atom is -0.508 e. The van der Waals surface area contributed by atoms with Gasteiger partial charge in [0.2, 0.25) is 0 Å². The maximum Gasteiger partial charge on any atom is 0.317 e. The molecule has 0 aliphatic heterocycles. The van der Waals surface area contributed by atoms with Gasteiger partial charge in [0.15, 0.2) is 33.3 Å². The number of unbranched alkanes of at least 4 members (excludes halogenated alkanes) is 4. The highest BCUT2D eigenvalue weighted by molar-refractivity contribution is 6.92. The van der Waals surface area contributed by atoms with Gasteiger partial charge in [-0.2, -0.15) is 0 Å². The van der Waals surface area contributed by atoms with Gasteiger partial charge < -0.3 is 43.1 Å². The van der Waals surface area contributed by atoms with Crippen LogP contribution < -0.4 is 0 Å². The van der Waals surface area contributed by atoms with Gasteiger partial charge in [-0.05, 0) is 214 Å². The van der Waals surface area contributed by atoms with Crippen molar-refractivity contribution < 1.29 is 43.1 Å². The van der Waals surface area contributed by atoms with Gasteiger partial charge in [0.1, 0.15) is 11.5 Å². The monoisotopic (exact) mass is 1240 g/mol. The van der Waals surface area contributed by atoms with E-state index in [0.29, 0.717) is 24.3 Å². The van der Waals surface area contributed by atoms with Crippen LogP contribution >= 0.6 is 0 Å². The Hall–Kier alpha value is 0.0187. The van der Waals surface area contributed by atoms with Crippen LogP contribution in [0.1, 0.15) is 128 Å². The molecule has 0 fully saturated rings. The summed E-state index contributed by atoms with van der Waals surface area (Å²) < 4.78 is 57.3. The first-order valence-electron chi connectivity index (χ1n) is 29.7. The van der Waals surface area contributed by atoms with Crippen molar-refractivity contribution in [2.75, 3.05) is 0 Å². The van der Waals surface area contributed by atoms with E-state index in [1.54, 1.807) is 0 Å². The molecule has 2 rings (SSSR count). The summed E-state index contributed by atoms with van der Waals surface area (Å²) in [4.78, 5) is 0. The molecule has 0 amide bonds. The molecule has 2 N–H and O–H groups in total. The molecule has 0 spiro atoms. The Morgan fingerprint density at radius 2 is 0.597 bits per heavy atom. The Morgan fingerprint density at radius 3 is 0.818 bits per heavy atom. The summed E-state index contributed by atoms with van der Waals surface area (Å²) in [6.45, 7) is 54.2. The van der Waals surface area contributed by atoms with Gasteiger partial charge in [-0.25, -0.2) is 0 Å². The van der Waals surface area contributed by atoms with Gasteiger partial charge in [-0.3, -0.25) is 0 Å². The molecule has 0 atom stereocenters. The third-order valence-electron chi connectivity index (χ3n) is 14.2. The fourth-order valence-electron chi connectivity index (χ4n) is 11.4. The maximum absolute atomic E-state index is 11.4. The van der Waals surface area contributed by atoms with Gasteiger partial charge in [0, 0.05) is 20.9 Å². The first kappa shape index (κ1) is 75.0. The predicted molar refractivity (Wildman–Crippen MR) is 357 cm³/mol. The maximum atomic E-state index is 11.4. The molecule has 0 saturated carbocycles. The van der Waals surface area contributed by atoms with Crippen LogP contribution in [-0.2, 0) is 51.2 Å². The van der Waals surface area contributed by atoms with Crippen LogP contribution in [-0.4, -0.2) is 110 Å². The zero-order chi connectivity index (χ0) is 59.6. The SMILES string of the molecule is CCCC[Si](C)(C)O[Si](C)(C)O[Si](C)(CCCc1cc(C(C)(C)c2ccc(O)c(CCC[Si](C)(O[Si](C)(C)O[Si](C)(C)CCCC)O[Si](C)(C)O[Si](C)(C)CCCC)c2)ccc1O)O[Si](C)(C)O[Si](C)(C)CCCC.[B][B]. The number of phenols is 2. The second kappa shape index (κ2) is 31.8. The Kier molecular flexibility index (Phi) is 31.0. The molecular weight excluding hydrogens is 1120 g/mol. The second-order valence-corrected chi connectivity index (χ2v) is 66.5. The van der Waals surface area contributed by atoms with Crippen molar-refractivity contribution in [2.24, 2.45) is 0 Å². The number of benzene rings is 2. The number of aromatic hydroxyl groups is 2. The average Bonchev–Trinajstić information content (AvgIpc) is 3.25. The normalized spacial score (nSPS) is 14.0. The number of hydrogen-bond donors (Lipinski definition) is 2. The van der Waals surface area contributed by atoms with Crippen molar-refractivity contribution in [2.45, 2.75) is 278 Å². The second-order valence-electron chi connectivity index (χ2n) is 27.2. The van der Waals surface area contributed by atoms with Gasteiger partial charge in [-0.15, -0.1) is 0 Å². The van der Waals surface area contributed by atoms with E-state index in [1.807, 2.05) is 24.3 Å². The van der Waals surface area contributed by atoms with Crippen LogP contribution in [0.4, 0.5) is 0 Å². The third kappa shape index (κ3) is 28.9. The summed E-state index contributed by atoms with van der Waals surface area (Å²) in [7, 11) is -15.8. The summed E-state index contributed by atoms with van der Waals surface area (Å²) >= 11 is 0. The minimum atomic E-state index is -2.85. The van der Waals surface area contributed by atoms with Crippen LogP contribution in [0.2, 0.25) is 154 Å². The van der Waals surface area contributed by atoms with Crippen LogP contribution in [0, 0.1) is 0 Å². The summed E-state index contributed by atoms with van der Waals surface area (Å²) in [6, 6.07) is 18.2. The Bertz CT molecular complexity index is 1830. The molecule has 0 heterocycles. The van der Waals surface area contributed by atoms with E-state index >= 15 is 0 Å². The van der Waals surface area contributed by atoms with Crippen molar-refractivity contribution in [3.05, 3.63) is 58.7 Å². The topological polar surface area (TPSA) is 114 Å². The highest BCUT2D eigenvalue weighted by atomic mass is 28.5. The van der Waals surface area contributed by atoms with E-state index in [0.717, 1.165) is 97.0 Å². The number of hydrogen-bond acceptors (Lipinski definition) is 10. The lowest BCUT2D eigenvalue weighted by atomic mass is 9.76. The summed E-state index contributed by atoms with van der Waals surface area (Å²) in [5.74, 6) is 0.608. The Labute approximate surface area is 488 Å². The van der Waals surface area contributed by atoms with Crippen molar-refractivity contribution in [1.29, 1.82) is 0 Å². The lowest BCUT2D eigenvalue weighted by Crippen LogP contribution is -2.59. The van der Waals surface area contributed by atoms with Crippen LogP contribution in [0.25, 0.3) is 0 Å². The van der Waals surface area contributed by atoms with Crippen molar-refractivity contribution in [3.63, 3.8) is 0 Å². The summed E-state index contributed by atoms with van der Waals surface area (Å²) in [6.07, 6.45) is 12.3. The van der Waals surface area contributed by atoms with Crippen LogP contribution in [0.15, 0.2) is 36.4 Å². The predicted octanol–water partition coefficient (Wildman–Crippen LogP) is 17.6. The van der Waals surface area contributed by atoms with E-state index in [-0.39, 0.29) is 0 Å². The molecular formula is C55H116B2O10Si10. The standard InChI is InChI=1S/C55H116O10Si10.B2/c1-25-29-41-66(7,8)58-70(15,16)62-74(23,63-71(17,18)59-67(9,10)42-30-26-2)45-33-35-49-47-51(37-39-53(49)56)55(5,6)52-38-40-54(57)50(48-52)36-34-46-75(24,64-72(19,20)60-68(11,12)43-31-27-3)65-73(21,22)61-69(13,14)44-32-28-4;1-2/h37-40,47-48,56-57H,25-36,41-46H2,1-24H3;. The minimum absolute atomic E-state index is 0.304. The third-order valence-corrected chi connectivity index (χ3v) is 54.5. The highest BCUT2D eigenvalue weighted by Crippen LogP contribution is 2.39. The Balaban J connectivity index is 0.0000146. The zero-order valence-corrected chi connectivity index (χ0v) is 64.0. The van der Waals surface area contributed by atoms with E-state index in [9.17, 15) is 10.2 Å². The molecule has 22 heteroatoms. The van der Waals surface area contributed by atoms with E-state index in [1.165, 1.54) is 25.7 Å². The molecule has 0 aromatic heterocycles. The molecule has 0 aliphatic rings. The number of phenolic OH excluding ortho intramolecular Hbond substituents is 2. The van der Waals surface area contributed by atoms with Crippen molar-refractivity contribution in [3.8, 4) is 11.5 Å². The van der Waals surface area contributed by atoms with Crippen LogP contribution in [0.3, 0.4) is 0 Å². The molecule has 442 valence electrons. The van der Waals surface area contributed by atoms with Crippen molar-refractivity contribution >= 4 is 100 Å². The first-order chi connectivity index (χ1) is 35.1. The molecule has 0 unspecified atom stereocenters. The lowest BCUT2D eigenvalue weighted by molar-refractivity contribution is 0.287. The number of aryl methyl sites for hydroxylation is 2. The molecule has 0 saturated heterocycles. The molecule has 77 heavy (non-hydrogen) atoms. The smallest absolute Gasteiger partial charge is 0.317 e. The van der Waals surface area contributed by atoms with Gasteiger partial charge >= 0.3 is 51.4 Å². The fourth-order valence-corrected chi connectivity index (χ4v) is 62.3. The quantitative estimate of drug-likeness (QED) is 0.0630. The lowest BCUT2D eigenvalue weighted by Gasteiger charge is -2.44.